The van der Waals surface area contributed by atoms with Crippen LogP contribution < -0.4 is 23.8 Å². The molecule has 11 heteroatoms. The van der Waals surface area contributed by atoms with Crippen molar-refractivity contribution >= 4 is 29.4 Å². The number of amides is 2. The Morgan fingerprint density at radius 3 is 2.20 bits per heavy atom. The summed E-state index contributed by atoms with van der Waals surface area (Å²) in [5, 5.41) is 11.1. The summed E-state index contributed by atoms with van der Waals surface area (Å²) in [5.74, 6) is 1.68. The first-order valence-electron chi connectivity index (χ1n) is 15.7. The number of aliphatic hydroxyl groups is 1. The van der Waals surface area contributed by atoms with Crippen LogP contribution in [0.5, 0.6) is 23.0 Å². The highest BCUT2D eigenvalue weighted by Crippen LogP contribution is 2.41. The largest absolute Gasteiger partial charge is 0.493 e. The molecule has 0 radical (unpaired) electrons. The molecule has 5 rings (SSSR count). The van der Waals surface area contributed by atoms with Gasteiger partial charge < -0.3 is 38.8 Å². The molecule has 0 fully saturated rings. The highest BCUT2D eigenvalue weighted by molar-refractivity contribution is 6.04. The fourth-order valence-corrected chi connectivity index (χ4v) is 5.98. The number of likely N-dealkylation sites (N-methyl/N-ethyl adjacent to an activating group) is 1. The van der Waals surface area contributed by atoms with Gasteiger partial charge in [-0.1, -0.05) is 11.1 Å². The van der Waals surface area contributed by atoms with Gasteiger partial charge in [-0.05, 0) is 65.5 Å². The first-order chi connectivity index (χ1) is 22.0. The standard InChI is InChI=1S/C35H44N4O7/c1-21(2)19-38-23(4)18-36-26-16-31(29(43-6)14-24(26)33(38)40)45-11-9-8-10-12-46-32-17-27-25(15-30(32)44-7)34(41)39-20-22(3)13-28(39)35(42)37(27)5/h14-20,23,28,35,42H,8-13H2,1-7H3/t23-,28-,35?/m0/s1. The maximum atomic E-state index is 13.4. The van der Waals surface area contributed by atoms with E-state index >= 15 is 0 Å². The molecule has 3 aliphatic heterocycles. The minimum absolute atomic E-state index is 0.140. The molecule has 0 spiro atoms. The van der Waals surface area contributed by atoms with Crippen LogP contribution in [-0.2, 0) is 0 Å². The summed E-state index contributed by atoms with van der Waals surface area (Å²) >= 11 is 0. The number of methoxy groups -OCH3 is 2. The van der Waals surface area contributed by atoms with Crippen LogP contribution in [-0.4, -0.2) is 85.7 Å². The van der Waals surface area contributed by atoms with Crippen molar-refractivity contribution in [1.82, 2.24) is 9.80 Å². The lowest BCUT2D eigenvalue weighted by molar-refractivity contribution is 0.0590. The lowest BCUT2D eigenvalue weighted by atomic mass is 10.1. The normalized spacial score (nSPS) is 20.3. The molecule has 0 aromatic heterocycles. The van der Waals surface area contributed by atoms with E-state index in [-0.39, 0.29) is 23.9 Å². The second-order valence-corrected chi connectivity index (χ2v) is 12.2. The summed E-state index contributed by atoms with van der Waals surface area (Å²) in [6.45, 7) is 8.68. The van der Waals surface area contributed by atoms with Crippen molar-refractivity contribution < 1.29 is 33.6 Å². The minimum Gasteiger partial charge on any atom is -0.493 e. The Balaban J connectivity index is 1.18. The zero-order chi connectivity index (χ0) is 33.1. The van der Waals surface area contributed by atoms with Crippen LogP contribution in [0.25, 0.3) is 0 Å². The average molecular weight is 633 g/mol. The van der Waals surface area contributed by atoms with E-state index in [0.29, 0.717) is 65.1 Å². The van der Waals surface area contributed by atoms with Crippen molar-refractivity contribution in [3.8, 4) is 23.0 Å². The van der Waals surface area contributed by atoms with Crippen molar-refractivity contribution in [2.45, 2.75) is 71.7 Å². The Labute approximate surface area is 270 Å². The predicted molar refractivity (Wildman–Crippen MR) is 177 cm³/mol. The molecule has 11 nitrogen and oxygen atoms in total. The van der Waals surface area contributed by atoms with E-state index in [1.165, 1.54) is 0 Å². The van der Waals surface area contributed by atoms with E-state index in [1.54, 1.807) is 66.4 Å². The van der Waals surface area contributed by atoms with Crippen molar-refractivity contribution in [2.75, 3.05) is 39.4 Å². The number of benzene rings is 2. The SMILES string of the molecule is COc1cc2c(cc1OCCCCCOc1cc3c(cc1OC)C(=O)N1C=C(C)C[C@H]1C(O)N3C)N=C[C@H](C)N(C=C(C)C)C2=O. The Morgan fingerprint density at radius 1 is 0.935 bits per heavy atom. The molecule has 2 aromatic carbocycles. The molecule has 1 N–H and O–H groups in total. The lowest BCUT2D eigenvalue weighted by Gasteiger charge is -2.31. The zero-order valence-electron chi connectivity index (χ0n) is 27.7. The molecule has 1 unspecified atom stereocenters. The average Bonchev–Trinajstić information content (AvgIpc) is 3.37. The van der Waals surface area contributed by atoms with Crippen LogP contribution in [0.3, 0.4) is 0 Å². The van der Waals surface area contributed by atoms with Crippen LogP contribution in [0.1, 0.15) is 74.1 Å². The van der Waals surface area contributed by atoms with Gasteiger partial charge in [-0.15, -0.1) is 0 Å². The molecular weight excluding hydrogens is 588 g/mol. The van der Waals surface area contributed by atoms with Gasteiger partial charge in [-0.3, -0.25) is 14.6 Å². The highest BCUT2D eigenvalue weighted by Gasteiger charge is 2.41. The van der Waals surface area contributed by atoms with Gasteiger partial charge >= 0.3 is 0 Å². The number of carbonyl (C=O) groups excluding carboxylic acids is 2. The van der Waals surface area contributed by atoms with Gasteiger partial charge in [-0.25, -0.2) is 0 Å². The maximum Gasteiger partial charge on any atom is 0.260 e. The third kappa shape index (κ3) is 6.55. The monoisotopic (exact) mass is 632 g/mol. The number of rotatable bonds is 11. The molecule has 2 amide bonds. The van der Waals surface area contributed by atoms with Crippen LogP contribution in [0.4, 0.5) is 11.4 Å². The van der Waals surface area contributed by atoms with Crippen molar-refractivity contribution in [1.29, 1.82) is 0 Å². The van der Waals surface area contributed by atoms with Crippen molar-refractivity contribution in [3.63, 3.8) is 0 Å². The molecule has 3 heterocycles. The smallest absolute Gasteiger partial charge is 0.260 e. The van der Waals surface area contributed by atoms with Gasteiger partial charge in [0.15, 0.2) is 23.0 Å². The van der Waals surface area contributed by atoms with E-state index in [2.05, 4.69) is 4.99 Å². The lowest BCUT2D eigenvalue weighted by Crippen LogP contribution is -2.46. The fourth-order valence-electron chi connectivity index (χ4n) is 5.98. The summed E-state index contributed by atoms with van der Waals surface area (Å²) in [6, 6.07) is 6.39. The number of aliphatic hydroxyl groups excluding tert-OH is 1. The van der Waals surface area contributed by atoms with Crippen LogP contribution >= 0.6 is 0 Å². The van der Waals surface area contributed by atoms with Gasteiger partial charge in [0.2, 0.25) is 0 Å². The second kappa shape index (κ2) is 13.9. The highest BCUT2D eigenvalue weighted by atomic mass is 16.5. The first-order valence-corrected chi connectivity index (χ1v) is 15.7. The number of unbranched alkanes of at least 4 members (excludes halogenated alkanes) is 2. The zero-order valence-corrected chi connectivity index (χ0v) is 27.7. The topological polar surface area (TPSA) is 113 Å². The van der Waals surface area contributed by atoms with Gasteiger partial charge in [0, 0.05) is 37.8 Å². The minimum atomic E-state index is -0.855. The van der Waals surface area contributed by atoms with Crippen molar-refractivity contribution in [3.05, 3.63) is 58.9 Å². The Bertz CT molecular complexity index is 1580. The van der Waals surface area contributed by atoms with Crippen LogP contribution in [0, 0.1) is 0 Å². The summed E-state index contributed by atoms with van der Waals surface area (Å²) in [5.41, 5.74) is 4.14. The van der Waals surface area contributed by atoms with Gasteiger partial charge in [0.1, 0.15) is 6.23 Å². The molecule has 0 saturated carbocycles. The van der Waals surface area contributed by atoms with E-state index in [4.69, 9.17) is 18.9 Å². The van der Waals surface area contributed by atoms with Gasteiger partial charge in [-0.2, -0.15) is 0 Å². The number of fused-ring (bicyclic) bond motifs is 3. The fraction of sp³-hybridized carbons (Fsp3) is 0.457. The van der Waals surface area contributed by atoms with E-state index in [1.807, 2.05) is 40.1 Å². The number of ether oxygens (including phenoxy) is 4. The molecule has 3 aliphatic rings. The Morgan fingerprint density at radius 2 is 1.57 bits per heavy atom. The van der Waals surface area contributed by atoms with E-state index < -0.39 is 6.23 Å². The van der Waals surface area contributed by atoms with E-state index in [9.17, 15) is 14.7 Å². The summed E-state index contributed by atoms with van der Waals surface area (Å²) < 4.78 is 23.3. The number of hydrogen-bond donors (Lipinski definition) is 1. The molecule has 2 aromatic rings. The summed E-state index contributed by atoms with van der Waals surface area (Å²) in [6.07, 6.45) is 7.55. The molecule has 0 aliphatic carbocycles. The second-order valence-electron chi connectivity index (χ2n) is 12.2. The first kappa shape index (κ1) is 32.9. The van der Waals surface area contributed by atoms with Crippen LogP contribution in [0.15, 0.2) is 52.8 Å². The van der Waals surface area contributed by atoms with Gasteiger partial charge in [0.05, 0.1) is 62.0 Å². The molecule has 0 bridgehead atoms. The van der Waals surface area contributed by atoms with Crippen LogP contribution in [0.2, 0.25) is 0 Å². The van der Waals surface area contributed by atoms with E-state index in [0.717, 1.165) is 30.4 Å². The molecule has 0 saturated heterocycles. The Kier molecular flexibility index (Phi) is 9.91. The number of aliphatic imine (C=N–C) groups is 1. The van der Waals surface area contributed by atoms with Gasteiger partial charge in [0.25, 0.3) is 11.8 Å². The predicted octanol–water partition coefficient (Wildman–Crippen LogP) is 5.69. The molecule has 3 atom stereocenters. The summed E-state index contributed by atoms with van der Waals surface area (Å²) in [4.78, 5) is 36.3. The molecule has 46 heavy (non-hydrogen) atoms. The maximum absolute atomic E-state index is 13.4. The Hall–Kier alpha value is -4.51. The number of allylic oxidation sites excluding steroid dienone is 1. The molecule has 246 valence electrons. The third-order valence-corrected chi connectivity index (χ3v) is 8.43. The number of carbonyl (C=O) groups is 2. The number of anilines is 1. The quantitative estimate of drug-likeness (QED) is 0.315. The number of hydrogen-bond acceptors (Lipinski definition) is 9. The third-order valence-electron chi connectivity index (χ3n) is 8.43. The van der Waals surface area contributed by atoms with Crippen molar-refractivity contribution in [2.24, 2.45) is 4.99 Å². The summed E-state index contributed by atoms with van der Waals surface area (Å²) in [7, 11) is 4.89. The molecular formula is C35H44N4O7. The number of nitrogens with zero attached hydrogens (tertiary/aromatic N) is 4.